The molecule has 0 bridgehead atoms. The minimum Gasteiger partial charge on any atom is -0.457 e. The molecule has 270 valence electrons. The third-order valence-corrected chi connectivity index (χ3v) is 12.5. The molecular formula is C53H32N4O. The van der Waals surface area contributed by atoms with Crippen LogP contribution in [0, 0.1) is 0 Å². The zero-order valence-electron chi connectivity index (χ0n) is 31.2. The number of benzene rings is 7. The Kier molecular flexibility index (Phi) is 6.31. The number of hydrogen-bond acceptors (Lipinski definition) is 3. The molecule has 0 N–H and O–H groups in total. The van der Waals surface area contributed by atoms with Gasteiger partial charge < -0.3 is 13.9 Å². The van der Waals surface area contributed by atoms with Crippen molar-refractivity contribution in [1.82, 2.24) is 19.1 Å². The predicted molar refractivity (Wildman–Crippen MR) is 234 cm³/mol. The van der Waals surface area contributed by atoms with Gasteiger partial charge in [0.25, 0.3) is 0 Å². The second-order valence-electron chi connectivity index (χ2n) is 15.3. The van der Waals surface area contributed by atoms with E-state index in [0.29, 0.717) is 0 Å². The van der Waals surface area contributed by atoms with Crippen molar-refractivity contribution in [2.45, 2.75) is 5.41 Å². The average molecular weight is 741 g/mol. The summed E-state index contributed by atoms with van der Waals surface area (Å²) in [4.78, 5) is 10.7. The highest BCUT2D eigenvalue weighted by Gasteiger charge is 2.52. The SMILES string of the molecule is c1ccc(-n2c3ccccc3c3cc(-c4cnc5c(c4)C4(c6ccccc6Oc6ccccc64)c4cc(-n6c7ccccc7c7ccccc76)cnc4-5)ccc32)cc1. The summed E-state index contributed by atoms with van der Waals surface area (Å²) in [7, 11) is 0. The Morgan fingerprint density at radius 2 is 0.862 bits per heavy atom. The van der Waals surface area contributed by atoms with Crippen LogP contribution in [0.3, 0.4) is 0 Å². The van der Waals surface area contributed by atoms with Gasteiger partial charge in [0, 0.05) is 61.2 Å². The zero-order chi connectivity index (χ0) is 38.0. The number of nitrogens with zero attached hydrogens (tertiary/aromatic N) is 4. The molecule has 5 heteroatoms. The van der Waals surface area contributed by atoms with Gasteiger partial charge in [-0.1, -0.05) is 115 Å². The standard InChI is InChI=1S/C53H32N4O/c1-2-14-35(15-3-1)56-47-23-11-6-18-39(47)40-28-33(26-27-48(40)56)34-29-43-51(54-31-34)52-44(53(43)41-19-7-12-24-49(41)58-50-25-13-8-20-42(50)53)30-36(32-55-52)57-45-21-9-4-16-37(45)38-17-5-10-22-46(38)57/h1-32H. The van der Waals surface area contributed by atoms with E-state index in [1.807, 2.05) is 12.4 Å². The van der Waals surface area contributed by atoms with Crippen LogP contribution in [0.5, 0.6) is 11.5 Å². The van der Waals surface area contributed by atoms with Crippen LogP contribution in [-0.2, 0) is 5.41 Å². The summed E-state index contributed by atoms with van der Waals surface area (Å²) in [5, 5.41) is 4.85. The number of fused-ring (bicyclic) bond motifs is 15. The van der Waals surface area contributed by atoms with Gasteiger partial charge in [0.2, 0.25) is 0 Å². The van der Waals surface area contributed by atoms with Crippen LogP contribution in [0.25, 0.3) is 77.5 Å². The maximum Gasteiger partial charge on any atom is 0.132 e. The lowest BCUT2D eigenvalue weighted by atomic mass is 9.66. The monoisotopic (exact) mass is 740 g/mol. The summed E-state index contributed by atoms with van der Waals surface area (Å²) in [6.45, 7) is 0. The van der Waals surface area contributed by atoms with Crippen LogP contribution in [0.2, 0.25) is 0 Å². The number of para-hydroxylation sites is 6. The lowest BCUT2D eigenvalue weighted by molar-refractivity contribution is 0.436. The van der Waals surface area contributed by atoms with Crippen molar-refractivity contribution in [3.05, 3.63) is 217 Å². The van der Waals surface area contributed by atoms with Crippen LogP contribution in [-0.4, -0.2) is 19.1 Å². The largest absolute Gasteiger partial charge is 0.457 e. The van der Waals surface area contributed by atoms with Gasteiger partial charge in [-0.15, -0.1) is 0 Å². The van der Waals surface area contributed by atoms with Gasteiger partial charge in [-0.2, -0.15) is 0 Å². The Morgan fingerprint density at radius 3 is 1.52 bits per heavy atom. The third-order valence-electron chi connectivity index (χ3n) is 12.5. The van der Waals surface area contributed by atoms with E-state index in [2.05, 4.69) is 191 Å². The maximum absolute atomic E-state index is 6.71. The molecule has 0 saturated carbocycles. The summed E-state index contributed by atoms with van der Waals surface area (Å²) in [5.41, 5.74) is 14.3. The van der Waals surface area contributed by atoms with Crippen molar-refractivity contribution in [3.63, 3.8) is 0 Å². The van der Waals surface area contributed by atoms with Gasteiger partial charge in [-0.3, -0.25) is 9.97 Å². The van der Waals surface area contributed by atoms with Crippen LogP contribution >= 0.6 is 0 Å². The maximum atomic E-state index is 6.71. The van der Waals surface area contributed by atoms with Crippen molar-refractivity contribution in [2.75, 3.05) is 0 Å². The fraction of sp³-hybridized carbons (Fsp3) is 0.0189. The van der Waals surface area contributed by atoms with Crippen molar-refractivity contribution in [3.8, 4) is 45.4 Å². The van der Waals surface area contributed by atoms with E-state index in [9.17, 15) is 0 Å². The van der Waals surface area contributed by atoms with Gasteiger partial charge in [-0.05, 0) is 72.3 Å². The highest BCUT2D eigenvalue weighted by Crippen LogP contribution is 2.62. The average Bonchev–Trinajstić information content (AvgIpc) is 3.90. The van der Waals surface area contributed by atoms with Crippen LogP contribution in [0.15, 0.2) is 194 Å². The van der Waals surface area contributed by atoms with Crippen molar-refractivity contribution >= 4 is 43.6 Å². The number of ether oxygens (including phenoxy) is 1. The Bertz CT molecular complexity index is 3400. The van der Waals surface area contributed by atoms with E-state index < -0.39 is 5.41 Å². The van der Waals surface area contributed by atoms with Crippen LogP contribution in [0.4, 0.5) is 0 Å². The first kappa shape index (κ1) is 31.4. The molecule has 1 aliphatic carbocycles. The molecule has 11 aromatic rings. The molecule has 0 atom stereocenters. The summed E-state index contributed by atoms with van der Waals surface area (Å²) < 4.78 is 11.4. The van der Waals surface area contributed by atoms with E-state index in [-0.39, 0.29) is 0 Å². The smallest absolute Gasteiger partial charge is 0.132 e. The lowest BCUT2D eigenvalue weighted by Gasteiger charge is -2.39. The first-order valence-electron chi connectivity index (χ1n) is 19.7. The van der Waals surface area contributed by atoms with E-state index >= 15 is 0 Å². The summed E-state index contributed by atoms with van der Waals surface area (Å²) >= 11 is 0. The van der Waals surface area contributed by atoms with E-state index in [1.54, 1.807) is 0 Å². The highest BCUT2D eigenvalue weighted by molar-refractivity contribution is 6.11. The summed E-state index contributed by atoms with van der Waals surface area (Å²) in [5.74, 6) is 1.67. The number of pyridine rings is 2. The third kappa shape index (κ3) is 4.09. The molecule has 0 amide bonds. The molecule has 2 aliphatic rings. The van der Waals surface area contributed by atoms with Crippen molar-refractivity contribution in [2.24, 2.45) is 0 Å². The Morgan fingerprint density at radius 1 is 0.362 bits per heavy atom. The molecule has 1 spiro atoms. The minimum absolute atomic E-state index is 0.742. The van der Waals surface area contributed by atoms with E-state index in [4.69, 9.17) is 14.7 Å². The van der Waals surface area contributed by atoms with Gasteiger partial charge in [0.05, 0.1) is 50.8 Å². The molecule has 4 aromatic heterocycles. The van der Waals surface area contributed by atoms with Crippen molar-refractivity contribution < 1.29 is 4.74 Å². The summed E-state index contributed by atoms with van der Waals surface area (Å²) in [6.07, 6.45) is 4.04. The second kappa shape index (κ2) is 11.6. The second-order valence-corrected chi connectivity index (χ2v) is 15.3. The Balaban J connectivity index is 1.08. The first-order chi connectivity index (χ1) is 28.8. The fourth-order valence-corrected chi connectivity index (χ4v) is 10.1. The zero-order valence-corrected chi connectivity index (χ0v) is 31.2. The number of rotatable bonds is 3. The molecule has 5 nitrogen and oxygen atoms in total. The van der Waals surface area contributed by atoms with Gasteiger partial charge in [0.1, 0.15) is 11.5 Å². The summed E-state index contributed by atoms with van der Waals surface area (Å²) in [6, 6.07) is 65.1. The molecular weight excluding hydrogens is 709 g/mol. The highest BCUT2D eigenvalue weighted by atomic mass is 16.5. The van der Waals surface area contributed by atoms with Crippen LogP contribution < -0.4 is 4.74 Å². The first-order valence-corrected chi connectivity index (χ1v) is 19.7. The predicted octanol–water partition coefficient (Wildman–Crippen LogP) is 12.8. The quantitative estimate of drug-likeness (QED) is 0.181. The fourth-order valence-electron chi connectivity index (χ4n) is 10.1. The molecule has 5 heterocycles. The molecule has 7 aromatic carbocycles. The normalized spacial score (nSPS) is 13.4. The number of hydrogen-bond donors (Lipinski definition) is 0. The van der Waals surface area contributed by atoms with Crippen molar-refractivity contribution in [1.29, 1.82) is 0 Å². The van der Waals surface area contributed by atoms with E-state index in [0.717, 1.165) is 78.7 Å². The van der Waals surface area contributed by atoms with Crippen LogP contribution in [0.1, 0.15) is 22.3 Å². The number of aromatic nitrogens is 4. The van der Waals surface area contributed by atoms with Gasteiger partial charge in [0.15, 0.2) is 0 Å². The lowest BCUT2D eigenvalue weighted by Crippen LogP contribution is -2.32. The van der Waals surface area contributed by atoms with Gasteiger partial charge >= 0.3 is 0 Å². The molecule has 0 unspecified atom stereocenters. The molecule has 0 saturated heterocycles. The van der Waals surface area contributed by atoms with E-state index in [1.165, 1.54) is 32.6 Å². The molecule has 13 rings (SSSR count). The molecule has 0 fully saturated rings. The Labute approximate surface area is 333 Å². The topological polar surface area (TPSA) is 44.9 Å². The Hall–Kier alpha value is -7.76. The molecule has 58 heavy (non-hydrogen) atoms. The minimum atomic E-state index is -0.742. The molecule has 0 radical (unpaired) electrons. The molecule has 1 aliphatic heterocycles. The van der Waals surface area contributed by atoms with Gasteiger partial charge in [-0.25, -0.2) is 0 Å².